The highest BCUT2D eigenvalue weighted by Crippen LogP contribution is 2.14. The third kappa shape index (κ3) is 4.81. The van der Waals surface area contributed by atoms with Crippen molar-refractivity contribution in [3.05, 3.63) is 42.0 Å². The molecule has 1 aromatic carbocycles. The van der Waals surface area contributed by atoms with E-state index >= 15 is 0 Å². The number of carbonyl (C=O) groups is 2. The maximum atomic E-state index is 11.1. The minimum absolute atomic E-state index is 0.209. The van der Waals surface area contributed by atoms with Gasteiger partial charge >= 0.3 is 11.9 Å². The molecule has 102 valence electrons. The van der Waals surface area contributed by atoms with E-state index in [0.717, 1.165) is 5.56 Å². The molecule has 0 saturated carbocycles. The fourth-order valence-electron chi connectivity index (χ4n) is 1.18. The molecule has 0 unspecified atom stereocenters. The van der Waals surface area contributed by atoms with E-state index in [1.165, 1.54) is 6.92 Å². The molecule has 0 bridgehead atoms. The highest BCUT2D eigenvalue weighted by molar-refractivity contribution is 5.86. The molecule has 0 radical (unpaired) electrons. The average Bonchev–Trinajstić information content (AvgIpc) is 2.37. The Bertz CT molecular complexity index is 480. The van der Waals surface area contributed by atoms with Gasteiger partial charge < -0.3 is 10.8 Å². The number of rotatable bonds is 6. The molecule has 0 spiro atoms. The molecule has 0 aliphatic carbocycles. The lowest BCUT2D eigenvalue weighted by atomic mass is 10.1. The fraction of sp³-hybridized carbons (Fsp3) is 0.231. The molecule has 0 saturated heterocycles. The van der Waals surface area contributed by atoms with E-state index < -0.39 is 18.0 Å². The number of benzene rings is 1. The van der Waals surface area contributed by atoms with Crippen LogP contribution in [0.5, 0.6) is 5.75 Å². The smallest absolute Gasteiger partial charge is 0.381 e. The van der Waals surface area contributed by atoms with Crippen LogP contribution < -0.4 is 10.6 Å². The first-order valence-corrected chi connectivity index (χ1v) is 5.52. The molecular formula is C13H15NO5. The van der Waals surface area contributed by atoms with Gasteiger partial charge in [-0.05, 0) is 31.0 Å². The molecule has 0 amide bonds. The van der Waals surface area contributed by atoms with Crippen molar-refractivity contribution in [2.75, 3.05) is 0 Å². The van der Waals surface area contributed by atoms with Gasteiger partial charge in [0.1, 0.15) is 6.04 Å². The largest absolute Gasteiger partial charge is 0.480 e. The molecule has 3 N–H and O–H groups in total. The summed E-state index contributed by atoms with van der Waals surface area (Å²) in [6.45, 7) is 4.91. The van der Waals surface area contributed by atoms with Crippen LogP contribution in [0.4, 0.5) is 0 Å². The van der Waals surface area contributed by atoms with Crippen LogP contribution in [0.2, 0.25) is 0 Å². The van der Waals surface area contributed by atoms with Crippen molar-refractivity contribution < 1.29 is 24.5 Å². The molecule has 1 atom stereocenters. The van der Waals surface area contributed by atoms with Crippen LogP contribution in [0.25, 0.3) is 0 Å². The Balaban J connectivity index is 2.54. The molecule has 19 heavy (non-hydrogen) atoms. The first-order chi connectivity index (χ1) is 8.90. The lowest BCUT2D eigenvalue weighted by Crippen LogP contribution is -2.32. The number of hydrogen-bond acceptors (Lipinski definition) is 5. The number of nitrogens with two attached hydrogens (primary N) is 1. The van der Waals surface area contributed by atoms with Gasteiger partial charge in [0.2, 0.25) is 0 Å². The molecule has 0 aliphatic rings. The van der Waals surface area contributed by atoms with Gasteiger partial charge in [0.15, 0.2) is 5.75 Å². The van der Waals surface area contributed by atoms with Crippen LogP contribution in [-0.2, 0) is 20.9 Å². The zero-order chi connectivity index (χ0) is 14.4. The molecule has 1 rings (SSSR count). The predicted molar refractivity (Wildman–Crippen MR) is 67.3 cm³/mol. The Morgan fingerprint density at radius 3 is 2.42 bits per heavy atom. The average molecular weight is 265 g/mol. The van der Waals surface area contributed by atoms with Crippen molar-refractivity contribution in [1.29, 1.82) is 0 Å². The first kappa shape index (κ1) is 14.7. The van der Waals surface area contributed by atoms with Gasteiger partial charge in [-0.25, -0.2) is 9.68 Å². The minimum Gasteiger partial charge on any atom is -0.480 e. The Hall–Kier alpha value is -2.34. The quantitative estimate of drug-likeness (QED) is 0.453. The highest BCUT2D eigenvalue weighted by atomic mass is 17.2. The lowest BCUT2D eigenvalue weighted by molar-refractivity contribution is -0.208. The minimum atomic E-state index is -1.06. The summed E-state index contributed by atoms with van der Waals surface area (Å²) in [5.41, 5.74) is 6.38. The van der Waals surface area contributed by atoms with Gasteiger partial charge in [0.05, 0.1) is 0 Å². The highest BCUT2D eigenvalue weighted by Gasteiger charge is 2.12. The summed E-state index contributed by atoms with van der Waals surface area (Å²) in [6, 6.07) is 5.44. The zero-order valence-electron chi connectivity index (χ0n) is 10.5. The van der Waals surface area contributed by atoms with E-state index in [9.17, 15) is 9.59 Å². The molecule has 1 aromatic rings. The van der Waals surface area contributed by atoms with Crippen LogP contribution in [0, 0.1) is 0 Å². The summed E-state index contributed by atoms with van der Waals surface area (Å²) in [5, 5.41) is 8.68. The second-order valence-corrected chi connectivity index (χ2v) is 4.03. The molecule has 0 heterocycles. The Kier molecular flexibility index (Phi) is 5.08. The zero-order valence-corrected chi connectivity index (χ0v) is 10.5. The number of carboxylic acid groups (broad SMARTS) is 1. The van der Waals surface area contributed by atoms with E-state index in [0.29, 0.717) is 5.75 Å². The van der Waals surface area contributed by atoms with Gasteiger partial charge in [-0.3, -0.25) is 9.68 Å². The maximum Gasteiger partial charge on any atom is 0.381 e. The standard InChI is InChI=1S/C13H15NO5/c1-8(2)13(17)19-18-10-5-3-9(4-6-10)7-11(14)12(15)16/h3-6,11H,1,7,14H2,2H3,(H,15,16)/t11-/m0/s1. The summed E-state index contributed by atoms with van der Waals surface area (Å²) in [5.74, 6) is -1.39. The predicted octanol–water partition coefficient (Wildman–Crippen LogP) is 1.05. The van der Waals surface area contributed by atoms with Crippen LogP contribution >= 0.6 is 0 Å². The molecule has 6 heteroatoms. The fourth-order valence-corrected chi connectivity index (χ4v) is 1.18. The Morgan fingerprint density at radius 1 is 1.37 bits per heavy atom. The van der Waals surface area contributed by atoms with Crippen molar-refractivity contribution in [3.63, 3.8) is 0 Å². The van der Waals surface area contributed by atoms with Crippen molar-refractivity contribution in [1.82, 2.24) is 0 Å². The van der Waals surface area contributed by atoms with E-state index in [4.69, 9.17) is 15.7 Å². The second kappa shape index (κ2) is 6.55. The Morgan fingerprint density at radius 2 is 1.95 bits per heavy atom. The van der Waals surface area contributed by atoms with E-state index in [1.807, 2.05) is 0 Å². The molecule has 0 fully saturated rings. The van der Waals surface area contributed by atoms with E-state index in [-0.39, 0.29) is 12.0 Å². The summed E-state index contributed by atoms with van der Waals surface area (Å²) in [6.07, 6.45) is 0.209. The van der Waals surface area contributed by atoms with Crippen molar-refractivity contribution in [2.45, 2.75) is 19.4 Å². The topological polar surface area (TPSA) is 98.9 Å². The summed E-state index contributed by atoms with van der Waals surface area (Å²) < 4.78 is 0. The number of aliphatic carboxylic acids is 1. The van der Waals surface area contributed by atoms with E-state index in [2.05, 4.69) is 11.5 Å². The molecule has 0 aliphatic heterocycles. The van der Waals surface area contributed by atoms with Crippen LogP contribution in [-0.4, -0.2) is 23.1 Å². The van der Waals surface area contributed by atoms with Crippen molar-refractivity contribution in [3.8, 4) is 5.75 Å². The molecular weight excluding hydrogens is 250 g/mol. The van der Waals surface area contributed by atoms with Crippen LogP contribution in [0.1, 0.15) is 12.5 Å². The van der Waals surface area contributed by atoms with Gasteiger partial charge in [0.25, 0.3) is 0 Å². The van der Waals surface area contributed by atoms with Crippen LogP contribution in [0.3, 0.4) is 0 Å². The summed E-state index contributed by atoms with van der Waals surface area (Å²) in [4.78, 5) is 30.9. The first-order valence-electron chi connectivity index (χ1n) is 5.52. The van der Waals surface area contributed by atoms with Crippen molar-refractivity contribution >= 4 is 11.9 Å². The Labute approximate surface area is 110 Å². The number of hydrogen-bond donors (Lipinski definition) is 2. The van der Waals surface area contributed by atoms with Gasteiger partial charge in [-0.15, -0.1) is 0 Å². The van der Waals surface area contributed by atoms with Crippen LogP contribution in [0.15, 0.2) is 36.4 Å². The molecule has 0 aromatic heterocycles. The third-order valence-electron chi connectivity index (χ3n) is 2.26. The SMILES string of the molecule is C=C(C)C(=O)OOc1ccc(C[C@H](N)C(=O)O)cc1. The monoisotopic (exact) mass is 265 g/mol. The summed E-state index contributed by atoms with van der Waals surface area (Å²) >= 11 is 0. The normalized spacial score (nSPS) is 11.5. The van der Waals surface area contributed by atoms with Crippen molar-refractivity contribution in [2.24, 2.45) is 5.73 Å². The lowest BCUT2D eigenvalue weighted by Gasteiger charge is -2.07. The summed E-state index contributed by atoms with van der Waals surface area (Å²) in [7, 11) is 0. The number of carbonyl (C=O) groups excluding carboxylic acids is 1. The number of carboxylic acids is 1. The third-order valence-corrected chi connectivity index (χ3v) is 2.26. The van der Waals surface area contributed by atoms with Gasteiger partial charge in [-0.1, -0.05) is 18.7 Å². The van der Waals surface area contributed by atoms with Gasteiger partial charge in [-0.2, -0.15) is 0 Å². The second-order valence-electron chi connectivity index (χ2n) is 4.03. The van der Waals surface area contributed by atoms with E-state index in [1.54, 1.807) is 24.3 Å². The van der Waals surface area contributed by atoms with Gasteiger partial charge in [0, 0.05) is 5.57 Å². The maximum absolute atomic E-state index is 11.1. The molecule has 6 nitrogen and oxygen atoms in total.